The van der Waals surface area contributed by atoms with E-state index >= 15 is 0 Å². The quantitative estimate of drug-likeness (QED) is 0.620. The lowest BCUT2D eigenvalue weighted by atomic mass is 9.91. The largest absolute Gasteiger partial charge is 0.293 e. The number of alkyl halides is 1. The van der Waals surface area contributed by atoms with Crippen LogP contribution >= 0.6 is 15.9 Å². The third-order valence-corrected chi connectivity index (χ3v) is 3.11. The molecule has 2 rings (SSSR count). The molecule has 0 saturated heterocycles. The monoisotopic (exact) mass is 224 g/mol. The summed E-state index contributed by atoms with van der Waals surface area (Å²) in [5.74, 6) is 0.233. The number of Topliss-reactive ketones (excluding diaryl/α,β-unsaturated/α-hetero) is 1. The summed E-state index contributed by atoms with van der Waals surface area (Å²) in [5.41, 5.74) is 2.09. The van der Waals surface area contributed by atoms with E-state index in [1.807, 2.05) is 24.3 Å². The lowest BCUT2D eigenvalue weighted by molar-refractivity contribution is 0.0981. The van der Waals surface area contributed by atoms with Crippen LogP contribution in [0.2, 0.25) is 0 Å². The third-order valence-electron chi connectivity index (χ3n) is 2.23. The minimum atomic E-state index is 0.0346. The predicted octanol–water partition coefficient (Wildman–Crippen LogP) is 2.58. The van der Waals surface area contributed by atoms with Gasteiger partial charge in [-0.25, -0.2) is 0 Å². The highest BCUT2D eigenvalue weighted by molar-refractivity contribution is 9.10. The van der Waals surface area contributed by atoms with Crippen molar-refractivity contribution in [1.29, 1.82) is 0 Å². The van der Waals surface area contributed by atoms with Gasteiger partial charge in [0, 0.05) is 5.56 Å². The number of hydrogen-bond acceptors (Lipinski definition) is 1. The number of fused-ring (bicyclic) bond motifs is 1. The molecule has 1 unspecified atom stereocenters. The first kappa shape index (κ1) is 7.99. The SMILES string of the molecule is O=C1c2ccccc2CCC1Br. The molecule has 1 aromatic carbocycles. The molecule has 0 radical (unpaired) electrons. The van der Waals surface area contributed by atoms with E-state index in [2.05, 4.69) is 15.9 Å². The third kappa shape index (κ3) is 1.20. The van der Waals surface area contributed by atoms with Crippen molar-refractivity contribution in [2.45, 2.75) is 17.7 Å². The summed E-state index contributed by atoms with van der Waals surface area (Å²) in [5, 5.41) is 0. The summed E-state index contributed by atoms with van der Waals surface area (Å²) >= 11 is 3.37. The Labute approximate surface area is 79.9 Å². The van der Waals surface area contributed by atoms with Gasteiger partial charge in [0.25, 0.3) is 0 Å². The van der Waals surface area contributed by atoms with E-state index < -0.39 is 0 Å². The van der Waals surface area contributed by atoms with Crippen LogP contribution in [0, 0.1) is 0 Å². The average molecular weight is 225 g/mol. The molecule has 0 aliphatic heterocycles. The Morgan fingerprint density at radius 3 is 2.92 bits per heavy atom. The van der Waals surface area contributed by atoms with Crippen molar-refractivity contribution in [3.63, 3.8) is 0 Å². The van der Waals surface area contributed by atoms with E-state index in [1.165, 1.54) is 5.56 Å². The molecule has 62 valence electrons. The van der Waals surface area contributed by atoms with Crippen molar-refractivity contribution >= 4 is 21.7 Å². The van der Waals surface area contributed by atoms with Crippen LogP contribution in [0.5, 0.6) is 0 Å². The van der Waals surface area contributed by atoms with Gasteiger partial charge in [-0.05, 0) is 18.4 Å². The predicted molar refractivity (Wildman–Crippen MR) is 51.8 cm³/mol. The van der Waals surface area contributed by atoms with E-state index in [0.717, 1.165) is 18.4 Å². The molecule has 0 fully saturated rings. The molecule has 1 aromatic rings. The van der Waals surface area contributed by atoms with Gasteiger partial charge in [-0.15, -0.1) is 0 Å². The molecule has 0 spiro atoms. The number of ketones is 1. The lowest BCUT2D eigenvalue weighted by Crippen LogP contribution is -2.21. The molecule has 0 N–H and O–H groups in total. The summed E-state index contributed by atoms with van der Waals surface area (Å²) in [6.45, 7) is 0. The van der Waals surface area contributed by atoms with Crippen molar-refractivity contribution in [1.82, 2.24) is 0 Å². The number of aryl methyl sites for hydroxylation is 1. The van der Waals surface area contributed by atoms with Gasteiger partial charge in [0.05, 0.1) is 4.83 Å². The first-order valence-electron chi connectivity index (χ1n) is 4.05. The number of benzene rings is 1. The fourth-order valence-electron chi connectivity index (χ4n) is 1.56. The second kappa shape index (κ2) is 3.02. The van der Waals surface area contributed by atoms with Crippen LogP contribution in [0.4, 0.5) is 0 Å². The van der Waals surface area contributed by atoms with Crippen molar-refractivity contribution in [2.24, 2.45) is 0 Å². The molecule has 0 bridgehead atoms. The molecule has 0 heterocycles. The summed E-state index contributed by atoms with van der Waals surface area (Å²) in [6, 6.07) is 7.85. The zero-order chi connectivity index (χ0) is 8.55. The normalized spacial score (nSPS) is 22.1. The number of carbonyl (C=O) groups is 1. The van der Waals surface area contributed by atoms with Gasteiger partial charge >= 0.3 is 0 Å². The van der Waals surface area contributed by atoms with Crippen LogP contribution in [0.25, 0.3) is 0 Å². The van der Waals surface area contributed by atoms with Crippen LogP contribution in [0.1, 0.15) is 22.3 Å². The van der Waals surface area contributed by atoms with E-state index in [-0.39, 0.29) is 10.6 Å². The van der Waals surface area contributed by atoms with Crippen molar-refractivity contribution < 1.29 is 4.79 Å². The summed E-state index contributed by atoms with van der Waals surface area (Å²) in [6.07, 6.45) is 1.94. The highest BCUT2D eigenvalue weighted by atomic mass is 79.9. The lowest BCUT2D eigenvalue weighted by Gasteiger charge is -2.18. The van der Waals surface area contributed by atoms with Gasteiger partial charge in [-0.1, -0.05) is 40.2 Å². The Hall–Kier alpha value is -0.630. The Bertz CT molecular complexity index is 319. The van der Waals surface area contributed by atoms with Gasteiger partial charge < -0.3 is 0 Å². The van der Waals surface area contributed by atoms with E-state index in [9.17, 15) is 4.79 Å². The maximum absolute atomic E-state index is 11.6. The Morgan fingerprint density at radius 2 is 2.08 bits per heavy atom. The van der Waals surface area contributed by atoms with Gasteiger partial charge in [0.1, 0.15) is 0 Å². The van der Waals surface area contributed by atoms with Gasteiger partial charge in [-0.2, -0.15) is 0 Å². The fourth-order valence-corrected chi connectivity index (χ4v) is 2.04. The molecule has 2 heteroatoms. The number of halogens is 1. The van der Waals surface area contributed by atoms with Crippen molar-refractivity contribution in [3.8, 4) is 0 Å². The van der Waals surface area contributed by atoms with Crippen LogP contribution in [0.15, 0.2) is 24.3 Å². The highest BCUT2D eigenvalue weighted by Crippen LogP contribution is 2.25. The maximum Gasteiger partial charge on any atom is 0.176 e. The molecule has 1 aliphatic rings. The Balaban J connectivity index is 2.49. The molecular weight excluding hydrogens is 216 g/mol. The second-order valence-corrected chi connectivity index (χ2v) is 4.13. The van der Waals surface area contributed by atoms with Crippen LogP contribution in [-0.4, -0.2) is 10.6 Å². The maximum atomic E-state index is 11.6. The standard InChI is InChI=1S/C10H9BrO/c11-9-6-5-7-3-1-2-4-8(7)10(9)12/h1-4,9H,5-6H2. The Kier molecular flexibility index (Phi) is 2.01. The zero-order valence-corrected chi connectivity index (χ0v) is 8.17. The molecule has 0 aromatic heterocycles. The zero-order valence-electron chi connectivity index (χ0n) is 6.59. The molecular formula is C10H9BrO. The van der Waals surface area contributed by atoms with Crippen molar-refractivity contribution in [2.75, 3.05) is 0 Å². The van der Waals surface area contributed by atoms with Crippen LogP contribution in [-0.2, 0) is 6.42 Å². The second-order valence-electron chi connectivity index (χ2n) is 3.03. The van der Waals surface area contributed by atoms with Crippen LogP contribution < -0.4 is 0 Å². The van der Waals surface area contributed by atoms with Crippen LogP contribution in [0.3, 0.4) is 0 Å². The first-order valence-corrected chi connectivity index (χ1v) is 4.97. The highest BCUT2D eigenvalue weighted by Gasteiger charge is 2.23. The fraction of sp³-hybridized carbons (Fsp3) is 0.300. The molecule has 0 amide bonds. The molecule has 0 saturated carbocycles. The van der Waals surface area contributed by atoms with E-state index in [0.29, 0.717) is 0 Å². The minimum Gasteiger partial charge on any atom is -0.293 e. The first-order chi connectivity index (χ1) is 5.79. The van der Waals surface area contributed by atoms with E-state index in [1.54, 1.807) is 0 Å². The number of carbonyl (C=O) groups excluding carboxylic acids is 1. The number of hydrogen-bond donors (Lipinski definition) is 0. The average Bonchev–Trinajstić information content (AvgIpc) is 2.12. The molecule has 1 aliphatic carbocycles. The van der Waals surface area contributed by atoms with Gasteiger partial charge in [0.15, 0.2) is 5.78 Å². The van der Waals surface area contributed by atoms with Gasteiger partial charge in [0.2, 0.25) is 0 Å². The van der Waals surface area contributed by atoms with E-state index in [4.69, 9.17) is 0 Å². The van der Waals surface area contributed by atoms with Crippen molar-refractivity contribution in [3.05, 3.63) is 35.4 Å². The topological polar surface area (TPSA) is 17.1 Å². The summed E-state index contributed by atoms with van der Waals surface area (Å²) in [7, 11) is 0. The molecule has 1 atom stereocenters. The molecule has 1 nitrogen and oxygen atoms in total. The smallest absolute Gasteiger partial charge is 0.176 e. The molecule has 12 heavy (non-hydrogen) atoms. The summed E-state index contributed by atoms with van der Waals surface area (Å²) in [4.78, 5) is 11.6. The number of rotatable bonds is 0. The minimum absolute atomic E-state index is 0.0346. The summed E-state index contributed by atoms with van der Waals surface area (Å²) < 4.78 is 0. The van der Waals surface area contributed by atoms with Gasteiger partial charge in [-0.3, -0.25) is 4.79 Å². The Morgan fingerprint density at radius 1 is 1.33 bits per heavy atom.